The van der Waals surface area contributed by atoms with E-state index >= 15 is 0 Å². The molecular weight excluding hydrogens is 212 g/mol. The van der Waals surface area contributed by atoms with Crippen LogP contribution in [0, 0.1) is 5.92 Å². The van der Waals surface area contributed by atoms with E-state index in [1.54, 1.807) is 0 Å². The molecule has 0 radical (unpaired) electrons. The summed E-state index contributed by atoms with van der Waals surface area (Å²) in [4.78, 5) is 0. The molecule has 4 nitrogen and oxygen atoms in total. The number of nitrogens with zero attached hydrogens (tertiary/aromatic N) is 2. The van der Waals surface area contributed by atoms with Crippen LogP contribution in [-0.4, -0.2) is 22.2 Å². The molecule has 2 rings (SSSR count). The lowest BCUT2D eigenvalue weighted by Crippen LogP contribution is -2.39. The van der Waals surface area contributed by atoms with Gasteiger partial charge in [0.05, 0.1) is 11.7 Å². The van der Waals surface area contributed by atoms with Gasteiger partial charge in [0.2, 0.25) is 0 Å². The number of hydrogen-bond acceptors (Lipinski definition) is 3. The van der Waals surface area contributed by atoms with Gasteiger partial charge in [-0.2, -0.15) is 5.10 Å². The maximum absolute atomic E-state index is 5.74. The van der Waals surface area contributed by atoms with E-state index in [9.17, 15) is 0 Å². The Labute approximate surface area is 102 Å². The summed E-state index contributed by atoms with van der Waals surface area (Å²) in [7, 11) is 0. The minimum Gasteiger partial charge on any atom is -0.329 e. The average molecular weight is 232 g/mol. The van der Waals surface area contributed by atoms with Gasteiger partial charge in [0.1, 0.15) is 0 Å². The molecule has 1 atom stereocenters. The number of hydrogen-bond donors (Lipinski definition) is 2. The molecule has 0 saturated carbocycles. The van der Waals surface area contributed by atoms with Crippen LogP contribution in [0.4, 0.5) is 0 Å². The van der Waals surface area contributed by atoms with Crippen LogP contribution in [0.25, 0.3) is 5.52 Å². The predicted octanol–water partition coefficient (Wildman–Crippen LogP) is 1.41. The van der Waals surface area contributed by atoms with Crippen LogP contribution in [0.15, 0.2) is 30.6 Å². The Bertz CT molecular complexity index is 475. The SMILES string of the molecule is CC(C)C(CN)NCc1cnn2ccccc12. The van der Waals surface area contributed by atoms with Gasteiger partial charge in [0.15, 0.2) is 0 Å². The zero-order valence-corrected chi connectivity index (χ0v) is 10.4. The summed E-state index contributed by atoms with van der Waals surface area (Å²) in [5, 5.41) is 7.80. The van der Waals surface area contributed by atoms with Crippen molar-refractivity contribution in [2.24, 2.45) is 11.7 Å². The molecule has 0 amide bonds. The van der Waals surface area contributed by atoms with Gasteiger partial charge >= 0.3 is 0 Å². The largest absolute Gasteiger partial charge is 0.329 e. The molecule has 92 valence electrons. The molecule has 2 heterocycles. The van der Waals surface area contributed by atoms with Crippen LogP contribution in [0.1, 0.15) is 19.4 Å². The summed E-state index contributed by atoms with van der Waals surface area (Å²) in [6.45, 7) is 5.84. The molecule has 1 unspecified atom stereocenters. The fraction of sp³-hybridized carbons (Fsp3) is 0.462. The predicted molar refractivity (Wildman–Crippen MR) is 69.7 cm³/mol. The molecule has 17 heavy (non-hydrogen) atoms. The maximum Gasteiger partial charge on any atom is 0.0706 e. The van der Waals surface area contributed by atoms with Crippen LogP contribution in [0.3, 0.4) is 0 Å². The molecule has 4 heteroatoms. The number of nitrogens with one attached hydrogen (secondary N) is 1. The zero-order valence-electron chi connectivity index (χ0n) is 10.4. The number of rotatable bonds is 5. The molecule has 0 spiro atoms. The highest BCUT2D eigenvalue weighted by Gasteiger charge is 2.11. The topological polar surface area (TPSA) is 55.3 Å². The Morgan fingerprint density at radius 3 is 2.94 bits per heavy atom. The third-order valence-corrected chi connectivity index (χ3v) is 3.12. The van der Waals surface area contributed by atoms with Crippen LogP contribution < -0.4 is 11.1 Å². The third-order valence-electron chi connectivity index (χ3n) is 3.12. The van der Waals surface area contributed by atoms with E-state index in [1.807, 2.05) is 29.0 Å². The first kappa shape index (κ1) is 12.1. The molecule has 0 aliphatic heterocycles. The first-order valence-corrected chi connectivity index (χ1v) is 6.07. The van der Waals surface area contributed by atoms with Crippen molar-refractivity contribution in [1.82, 2.24) is 14.9 Å². The summed E-state index contributed by atoms with van der Waals surface area (Å²) in [5.41, 5.74) is 8.11. The van der Waals surface area contributed by atoms with E-state index in [2.05, 4.69) is 30.3 Å². The standard InChI is InChI=1S/C13H20N4/c1-10(2)12(7-14)15-8-11-9-16-17-6-4-3-5-13(11)17/h3-6,9-10,12,15H,7-8,14H2,1-2H3. The van der Waals surface area contributed by atoms with E-state index in [1.165, 1.54) is 5.56 Å². The summed E-state index contributed by atoms with van der Waals surface area (Å²) in [6.07, 6.45) is 3.87. The van der Waals surface area contributed by atoms with E-state index in [-0.39, 0.29) is 0 Å². The van der Waals surface area contributed by atoms with Gasteiger partial charge in [-0.3, -0.25) is 0 Å². The summed E-state index contributed by atoms with van der Waals surface area (Å²) >= 11 is 0. The van der Waals surface area contributed by atoms with Crippen LogP contribution in [0.5, 0.6) is 0 Å². The fourth-order valence-electron chi connectivity index (χ4n) is 1.96. The van der Waals surface area contributed by atoms with Crippen molar-refractivity contribution in [1.29, 1.82) is 0 Å². The Hall–Kier alpha value is -1.39. The number of fused-ring (bicyclic) bond motifs is 1. The van der Waals surface area contributed by atoms with Gasteiger partial charge < -0.3 is 11.1 Å². The van der Waals surface area contributed by atoms with E-state index in [4.69, 9.17) is 5.73 Å². The Morgan fingerprint density at radius 1 is 1.41 bits per heavy atom. The molecule has 2 aromatic rings. The van der Waals surface area contributed by atoms with Gasteiger partial charge in [-0.25, -0.2) is 4.52 Å². The maximum atomic E-state index is 5.74. The molecule has 0 aliphatic carbocycles. The van der Waals surface area contributed by atoms with E-state index in [0.29, 0.717) is 18.5 Å². The fourth-order valence-corrected chi connectivity index (χ4v) is 1.96. The van der Waals surface area contributed by atoms with Crippen molar-refractivity contribution >= 4 is 5.52 Å². The molecule has 0 fully saturated rings. The average Bonchev–Trinajstić information content (AvgIpc) is 2.73. The first-order chi connectivity index (χ1) is 8.22. The zero-order chi connectivity index (χ0) is 12.3. The number of aromatic nitrogens is 2. The molecule has 0 bridgehead atoms. The van der Waals surface area contributed by atoms with Crippen molar-refractivity contribution < 1.29 is 0 Å². The second-order valence-corrected chi connectivity index (χ2v) is 4.67. The number of pyridine rings is 1. The monoisotopic (exact) mass is 232 g/mol. The van der Waals surface area contributed by atoms with Crippen LogP contribution >= 0.6 is 0 Å². The smallest absolute Gasteiger partial charge is 0.0706 e. The first-order valence-electron chi connectivity index (χ1n) is 6.07. The highest BCUT2D eigenvalue weighted by molar-refractivity contribution is 5.53. The quantitative estimate of drug-likeness (QED) is 0.819. The second-order valence-electron chi connectivity index (χ2n) is 4.67. The van der Waals surface area contributed by atoms with E-state index in [0.717, 1.165) is 12.1 Å². The third kappa shape index (κ3) is 2.65. The Balaban J connectivity index is 2.08. The second kappa shape index (κ2) is 5.29. The Morgan fingerprint density at radius 2 is 2.24 bits per heavy atom. The van der Waals surface area contributed by atoms with E-state index < -0.39 is 0 Å². The van der Waals surface area contributed by atoms with Crippen molar-refractivity contribution in [3.05, 3.63) is 36.2 Å². The van der Waals surface area contributed by atoms with Crippen molar-refractivity contribution in [3.63, 3.8) is 0 Å². The van der Waals surface area contributed by atoms with Crippen molar-refractivity contribution in [2.75, 3.05) is 6.54 Å². The summed E-state index contributed by atoms with van der Waals surface area (Å²) < 4.78 is 1.89. The van der Waals surface area contributed by atoms with Crippen molar-refractivity contribution in [3.8, 4) is 0 Å². The van der Waals surface area contributed by atoms with Crippen LogP contribution in [-0.2, 0) is 6.54 Å². The lowest BCUT2D eigenvalue weighted by atomic mass is 10.0. The lowest BCUT2D eigenvalue weighted by molar-refractivity contribution is 0.405. The van der Waals surface area contributed by atoms with Gasteiger partial charge in [-0.05, 0) is 18.1 Å². The summed E-state index contributed by atoms with van der Waals surface area (Å²) in [6, 6.07) is 6.45. The molecule has 0 aliphatic rings. The molecular formula is C13H20N4. The minimum absolute atomic E-state index is 0.355. The van der Waals surface area contributed by atoms with Gasteiger partial charge in [0, 0.05) is 30.9 Å². The molecule has 3 N–H and O–H groups in total. The van der Waals surface area contributed by atoms with Gasteiger partial charge in [-0.15, -0.1) is 0 Å². The molecule has 2 aromatic heterocycles. The highest BCUT2D eigenvalue weighted by atomic mass is 15.2. The normalized spacial score (nSPS) is 13.4. The highest BCUT2D eigenvalue weighted by Crippen LogP contribution is 2.10. The minimum atomic E-state index is 0.355. The van der Waals surface area contributed by atoms with Crippen molar-refractivity contribution in [2.45, 2.75) is 26.4 Å². The number of nitrogens with two attached hydrogens (primary N) is 1. The lowest BCUT2D eigenvalue weighted by Gasteiger charge is -2.20. The van der Waals surface area contributed by atoms with Crippen LogP contribution in [0.2, 0.25) is 0 Å². The van der Waals surface area contributed by atoms with Gasteiger partial charge in [-0.1, -0.05) is 19.9 Å². The molecule has 0 saturated heterocycles. The van der Waals surface area contributed by atoms with Gasteiger partial charge in [0.25, 0.3) is 0 Å². The molecule has 0 aromatic carbocycles. The summed E-state index contributed by atoms with van der Waals surface area (Å²) in [5.74, 6) is 0.543. The Kier molecular flexibility index (Phi) is 3.76.